The van der Waals surface area contributed by atoms with Crippen molar-refractivity contribution in [1.29, 1.82) is 0 Å². The zero-order chi connectivity index (χ0) is 10.6. The van der Waals surface area contributed by atoms with Gasteiger partial charge in [-0.1, -0.05) is 58.6 Å². The fourth-order valence-electron chi connectivity index (χ4n) is 1.72. The van der Waals surface area contributed by atoms with Gasteiger partial charge >= 0.3 is 0 Å². The fraction of sp³-hybridized carbons (Fsp3) is 0.857. The maximum Gasteiger partial charge on any atom is -0.0239 e. The van der Waals surface area contributed by atoms with E-state index < -0.39 is 0 Å². The summed E-state index contributed by atoms with van der Waals surface area (Å²) in [6.07, 6.45) is 15.7. The van der Waals surface area contributed by atoms with Crippen LogP contribution in [0.3, 0.4) is 0 Å². The van der Waals surface area contributed by atoms with E-state index in [1.54, 1.807) is 0 Å². The van der Waals surface area contributed by atoms with E-state index in [9.17, 15) is 0 Å². The Hall–Kier alpha value is -0.260. The van der Waals surface area contributed by atoms with Crippen LogP contribution in [-0.2, 0) is 0 Å². The molecule has 14 heavy (non-hydrogen) atoms. The molecule has 0 aromatic heterocycles. The molecule has 0 amide bonds. The number of hydrogen-bond acceptors (Lipinski definition) is 0. The Labute approximate surface area is 90.8 Å². The van der Waals surface area contributed by atoms with E-state index >= 15 is 0 Å². The van der Waals surface area contributed by atoms with Crippen molar-refractivity contribution in [1.82, 2.24) is 0 Å². The molecule has 0 bridgehead atoms. The Morgan fingerprint density at radius 3 is 2.07 bits per heavy atom. The van der Waals surface area contributed by atoms with Crippen molar-refractivity contribution in [2.45, 2.75) is 72.1 Å². The van der Waals surface area contributed by atoms with Gasteiger partial charge < -0.3 is 0 Å². The van der Waals surface area contributed by atoms with Crippen molar-refractivity contribution in [2.75, 3.05) is 0 Å². The van der Waals surface area contributed by atoms with Crippen LogP contribution in [0.15, 0.2) is 12.2 Å². The number of allylic oxidation sites excluding steroid dienone is 2. The third-order valence-corrected chi connectivity index (χ3v) is 2.93. The predicted octanol–water partition coefficient (Wildman–Crippen LogP) is 5.34. The Bertz CT molecular complexity index is 120. The zero-order valence-electron chi connectivity index (χ0n) is 10.4. The molecule has 0 heterocycles. The van der Waals surface area contributed by atoms with Gasteiger partial charge in [-0.05, 0) is 31.6 Å². The molecule has 0 heteroatoms. The molecule has 0 aromatic rings. The summed E-state index contributed by atoms with van der Waals surface area (Å²) in [7, 11) is 0. The van der Waals surface area contributed by atoms with Crippen molar-refractivity contribution in [3.05, 3.63) is 12.2 Å². The molecule has 0 atom stereocenters. The van der Waals surface area contributed by atoms with Crippen LogP contribution >= 0.6 is 0 Å². The first-order valence-electron chi connectivity index (χ1n) is 6.51. The van der Waals surface area contributed by atoms with Gasteiger partial charge in [0.1, 0.15) is 0 Å². The largest absolute Gasteiger partial charge is 0.0883 e. The molecule has 0 aliphatic rings. The van der Waals surface area contributed by atoms with Gasteiger partial charge in [-0.2, -0.15) is 0 Å². The first-order valence-corrected chi connectivity index (χ1v) is 6.51. The molecule has 0 saturated heterocycles. The van der Waals surface area contributed by atoms with Gasteiger partial charge in [0.2, 0.25) is 0 Å². The summed E-state index contributed by atoms with van der Waals surface area (Å²) in [5.41, 5.74) is 0. The van der Waals surface area contributed by atoms with Crippen LogP contribution in [0.1, 0.15) is 72.1 Å². The van der Waals surface area contributed by atoms with Gasteiger partial charge in [0, 0.05) is 0 Å². The van der Waals surface area contributed by atoms with Crippen LogP contribution in [0, 0.1) is 5.92 Å². The number of rotatable bonds is 9. The SMILES string of the molecule is CCCCCCCC=CC(CC)CC. The minimum atomic E-state index is 0.825. The van der Waals surface area contributed by atoms with Crippen LogP contribution in [-0.4, -0.2) is 0 Å². The molecule has 0 unspecified atom stereocenters. The lowest BCUT2D eigenvalue weighted by atomic mass is 10.0. The van der Waals surface area contributed by atoms with E-state index in [0.29, 0.717) is 0 Å². The summed E-state index contributed by atoms with van der Waals surface area (Å²) >= 11 is 0. The number of unbranched alkanes of at least 4 members (excludes halogenated alkanes) is 5. The fourth-order valence-corrected chi connectivity index (χ4v) is 1.72. The smallest absolute Gasteiger partial charge is 0.0239 e. The van der Waals surface area contributed by atoms with Crippen molar-refractivity contribution in [2.24, 2.45) is 5.92 Å². The first kappa shape index (κ1) is 13.7. The second-order valence-corrected chi connectivity index (χ2v) is 4.21. The molecule has 0 fully saturated rings. The van der Waals surface area contributed by atoms with Crippen LogP contribution in [0.5, 0.6) is 0 Å². The Morgan fingerprint density at radius 1 is 0.857 bits per heavy atom. The van der Waals surface area contributed by atoms with Crippen molar-refractivity contribution >= 4 is 0 Å². The second kappa shape index (κ2) is 10.8. The molecule has 0 aliphatic heterocycles. The average molecular weight is 196 g/mol. The Balaban J connectivity index is 3.25. The summed E-state index contributed by atoms with van der Waals surface area (Å²) in [5, 5.41) is 0. The molecule has 84 valence electrons. The monoisotopic (exact) mass is 196 g/mol. The number of hydrogen-bond donors (Lipinski definition) is 0. The molecule has 0 spiro atoms. The highest BCUT2D eigenvalue weighted by Gasteiger charge is 1.95. The van der Waals surface area contributed by atoms with Gasteiger partial charge in [0.05, 0.1) is 0 Å². The van der Waals surface area contributed by atoms with Crippen LogP contribution in [0.4, 0.5) is 0 Å². The van der Waals surface area contributed by atoms with Gasteiger partial charge in [-0.3, -0.25) is 0 Å². The Morgan fingerprint density at radius 2 is 1.50 bits per heavy atom. The maximum atomic E-state index is 2.42. The standard InChI is InChI=1S/C14H28/c1-4-7-8-9-10-11-12-13-14(5-2)6-3/h12-14H,4-11H2,1-3H3. The minimum Gasteiger partial charge on any atom is -0.0883 e. The first-order chi connectivity index (χ1) is 6.85. The normalized spacial score (nSPS) is 11.7. The van der Waals surface area contributed by atoms with Crippen LogP contribution < -0.4 is 0 Å². The van der Waals surface area contributed by atoms with Gasteiger partial charge in [-0.25, -0.2) is 0 Å². The molecule has 0 radical (unpaired) electrons. The maximum absolute atomic E-state index is 2.42. The molecule has 0 N–H and O–H groups in total. The average Bonchev–Trinajstić information content (AvgIpc) is 2.22. The van der Waals surface area contributed by atoms with E-state index in [1.807, 2.05) is 0 Å². The van der Waals surface area contributed by atoms with Crippen molar-refractivity contribution < 1.29 is 0 Å². The van der Waals surface area contributed by atoms with E-state index in [0.717, 1.165) is 5.92 Å². The summed E-state index contributed by atoms with van der Waals surface area (Å²) in [6.45, 7) is 6.83. The topological polar surface area (TPSA) is 0 Å². The molecular formula is C14H28. The zero-order valence-corrected chi connectivity index (χ0v) is 10.4. The highest BCUT2D eigenvalue weighted by Crippen LogP contribution is 2.11. The highest BCUT2D eigenvalue weighted by molar-refractivity contribution is 4.87. The Kier molecular flexibility index (Phi) is 10.6. The van der Waals surface area contributed by atoms with E-state index in [4.69, 9.17) is 0 Å². The molecule has 0 aromatic carbocycles. The summed E-state index contributed by atoms with van der Waals surface area (Å²) in [4.78, 5) is 0. The predicted molar refractivity (Wildman–Crippen MR) is 66.6 cm³/mol. The third-order valence-electron chi connectivity index (χ3n) is 2.93. The molecule has 0 nitrogen and oxygen atoms in total. The highest BCUT2D eigenvalue weighted by atomic mass is 14.0. The van der Waals surface area contributed by atoms with Gasteiger partial charge in [0.15, 0.2) is 0 Å². The third kappa shape index (κ3) is 8.34. The van der Waals surface area contributed by atoms with E-state index in [2.05, 4.69) is 32.9 Å². The molecule has 0 saturated carbocycles. The lowest BCUT2D eigenvalue weighted by molar-refractivity contribution is 0.599. The van der Waals surface area contributed by atoms with Crippen molar-refractivity contribution in [3.63, 3.8) is 0 Å². The summed E-state index contributed by atoms with van der Waals surface area (Å²) in [6, 6.07) is 0. The molecular weight excluding hydrogens is 168 g/mol. The second-order valence-electron chi connectivity index (χ2n) is 4.21. The lowest BCUT2D eigenvalue weighted by Crippen LogP contribution is -1.90. The van der Waals surface area contributed by atoms with Crippen LogP contribution in [0.2, 0.25) is 0 Å². The van der Waals surface area contributed by atoms with Gasteiger partial charge in [0.25, 0.3) is 0 Å². The quantitative estimate of drug-likeness (QED) is 0.345. The summed E-state index contributed by atoms with van der Waals surface area (Å²) in [5.74, 6) is 0.825. The molecule has 0 aliphatic carbocycles. The summed E-state index contributed by atoms with van der Waals surface area (Å²) < 4.78 is 0. The van der Waals surface area contributed by atoms with E-state index in [-0.39, 0.29) is 0 Å². The molecule has 0 rings (SSSR count). The van der Waals surface area contributed by atoms with E-state index in [1.165, 1.54) is 51.4 Å². The van der Waals surface area contributed by atoms with Crippen LogP contribution in [0.25, 0.3) is 0 Å². The lowest BCUT2D eigenvalue weighted by Gasteiger charge is -2.04. The van der Waals surface area contributed by atoms with Gasteiger partial charge in [-0.15, -0.1) is 0 Å². The van der Waals surface area contributed by atoms with Crippen molar-refractivity contribution in [3.8, 4) is 0 Å². The minimum absolute atomic E-state index is 0.825.